The van der Waals surface area contributed by atoms with Crippen molar-refractivity contribution in [3.8, 4) is 0 Å². The molecule has 0 aromatic carbocycles. The standard InChI is InChI=1S/C22H24BF2N9O8P2/c1-43(35)37-4-10-17(13(25)22(39-10)34-8-32-15-18(27)29-6-30-20(15)34)42-44(23,36)38-5-11-16(41-43)12(24)21(40-11)33-7-31-14-9(26)2-3-28-19(14)33/h2-3,6-8,10-13,16-17,21-22H,4-5H2,1H3,(H2,26,28)(H2,27,29,30)/t10-,11-,12-,13-,16-,17-,21-,22-,43-,44+/m1/s1. The van der Waals surface area contributed by atoms with E-state index in [0.717, 1.165) is 13.0 Å². The average molecular weight is 653 g/mol. The molecule has 0 unspecified atom stereocenters. The minimum Gasteiger partial charge on any atom is -0.397 e. The van der Waals surface area contributed by atoms with Crippen molar-refractivity contribution in [1.29, 1.82) is 0 Å². The van der Waals surface area contributed by atoms with E-state index in [9.17, 15) is 9.13 Å². The molecule has 0 aliphatic carbocycles. The van der Waals surface area contributed by atoms with Gasteiger partial charge in [0.05, 0.1) is 31.6 Å². The second-order valence-corrected chi connectivity index (χ2v) is 13.9. The number of alkyl halides is 2. The molecule has 2 radical (unpaired) electrons. The first kappa shape index (κ1) is 29.6. The van der Waals surface area contributed by atoms with Gasteiger partial charge in [0.25, 0.3) is 7.47 Å². The van der Waals surface area contributed by atoms with Crippen LogP contribution in [0.1, 0.15) is 12.5 Å². The molecule has 0 saturated carbocycles. The summed E-state index contributed by atoms with van der Waals surface area (Å²) in [5, 5.41) is 0. The predicted octanol–water partition coefficient (Wildman–Crippen LogP) is 1.82. The Hall–Kier alpha value is -3.09. The number of hydrogen-bond donors (Lipinski definition) is 2. The summed E-state index contributed by atoms with van der Waals surface area (Å²) in [6.45, 7) is -0.136. The summed E-state index contributed by atoms with van der Waals surface area (Å²) in [5.74, 6) is 0.0555. The number of anilines is 2. The van der Waals surface area contributed by atoms with Crippen molar-refractivity contribution >= 4 is 56.5 Å². The van der Waals surface area contributed by atoms with E-state index >= 15 is 8.78 Å². The van der Waals surface area contributed by atoms with Crippen molar-refractivity contribution in [2.45, 2.75) is 49.2 Å². The van der Waals surface area contributed by atoms with Crippen LogP contribution in [0.4, 0.5) is 20.3 Å². The molecule has 22 heteroatoms. The smallest absolute Gasteiger partial charge is 0.328 e. The van der Waals surface area contributed by atoms with E-state index in [2.05, 4.69) is 24.9 Å². The molecule has 3 aliphatic heterocycles. The number of pyridine rings is 1. The molecule has 44 heavy (non-hydrogen) atoms. The minimum atomic E-state index is -4.55. The minimum absolute atomic E-state index is 0.0555. The van der Waals surface area contributed by atoms with Gasteiger partial charge in [-0.2, -0.15) is 0 Å². The second-order valence-electron chi connectivity index (χ2n) is 10.4. The van der Waals surface area contributed by atoms with Gasteiger partial charge in [-0.1, -0.05) is 0 Å². The molecule has 4 N–H and O–H groups in total. The zero-order valence-corrected chi connectivity index (χ0v) is 24.5. The topological polar surface area (TPSA) is 216 Å². The van der Waals surface area contributed by atoms with Crippen LogP contribution >= 0.6 is 15.1 Å². The van der Waals surface area contributed by atoms with E-state index < -0.39 is 77.5 Å². The Morgan fingerprint density at radius 3 is 2.14 bits per heavy atom. The predicted molar refractivity (Wildman–Crippen MR) is 148 cm³/mol. The van der Waals surface area contributed by atoms with Crippen LogP contribution in [-0.2, 0) is 36.7 Å². The molecule has 10 atom stereocenters. The first-order chi connectivity index (χ1) is 20.9. The SMILES string of the molecule is [B][P@]1(=O)OC[C@H]2O[C@@H](n3cnc4c(N)ccnc43)[C@H](F)[C@@H]2O[P@](C)(=O)OC[C@H]2O[C@@H](n3cnc4c(N)ncnc43)[C@H](F)[C@@H]2O1. The molecule has 4 aromatic rings. The summed E-state index contributed by atoms with van der Waals surface area (Å²) in [7, 11) is -2.79. The summed E-state index contributed by atoms with van der Waals surface area (Å²) in [6, 6.07) is 1.53. The van der Waals surface area contributed by atoms with Gasteiger partial charge < -0.3 is 34.5 Å². The lowest BCUT2D eigenvalue weighted by Crippen LogP contribution is -2.37. The van der Waals surface area contributed by atoms with E-state index in [1.807, 2.05) is 0 Å². The average Bonchev–Trinajstić information content (AvgIpc) is 3.73. The van der Waals surface area contributed by atoms with E-state index in [4.69, 9.17) is 46.6 Å². The van der Waals surface area contributed by atoms with Crippen LogP contribution in [0.25, 0.3) is 22.3 Å². The third-order valence-corrected chi connectivity index (χ3v) is 9.73. The molecule has 17 nitrogen and oxygen atoms in total. The highest BCUT2D eigenvalue weighted by Gasteiger charge is 2.53. The first-order valence-corrected chi connectivity index (χ1v) is 16.7. The zero-order valence-electron chi connectivity index (χ0n) is 22.7. The van der Waals surface area contributed by atoms with Crippen LogP contribution in [0.15, 0.2) is 31.2 Å². The fourth-order valence-electron chi connectivity index (χ4n) is 5.39. The lowest BCUT2D eigenvalue weighted by molar-refractivity contribution is -0.0556. The third kappa shape index (κ3) is 5.08. The van der Waals surface area contributed by atoms with Gasteiger partial charge in [0.2, 0.25) is 7.57 Å². The molecule has 7 heterocycles. The van der Waals surface area contributed by atoms with Crippen molar-refractivity contribution in [3.63, 3.8) is 0 Å². The van der Waals surface area contributed by atoms with Gasteiger partial charge in [0, 0.05) is 12.9 Å². The van der Waals surface area contributed by atoms with Gasteiger partial charge in [-0.05, 0) is 6.07 Å². The van der Waals surface area contributed by atoms with Gasteiger partial charge in [0.1, 0.15) is 41.8 Å². The molecule has 0 bridgehead atoms. The maximum atomic E-state index is 16.0. The number of imidazole rings is 2. The fraction of sp³-hybridized carbons (Fsp3) is 0.500. The zero-order chi connectivity index (χ0) is 31.0. The molecular weight excluding hydrogens is 629 g/mol. The summed E-state index contributed by atoms with van der Waals surface area (Å²) >= 11 is 0. The highest BCUT2D eigenvalue weighted by molar-refractivity contribution is 7.79. The maximum absolute atomic E-state index is 16.0. The Balaban J connectivity index is 1.17. The number of hydrogen-bond acceptors (Lipinski definition) is 15. The van der Waals surface area contributed by atoms with E-state index in [-0.39, 0.29) is 22.6 Å². The van der Waals surface area contributed by atoms with Crippen LogP contribution in [0.5, 0.6) is 0 Å². The second kappa shape index (κ2) is 10.8. The number of ether oxygens (including phenoxy) is 2. The Morgan fingerprint density at radius 2 is 1.45 bits per heavy atom. The Morgan fingerprint density at radius 1 is 0.864 bits per heavy atom. The molecule has 3 aliphatic rings. The fourth-order valence-corrected chi connectivity index (χ4v) is 7.57. The molecule has 4 aromatic heterocycles. The van der Waals surface area contributed by atoms with Crippen molar-refractivity contribution in [1.82, 2.24) is 34.1 Å². The summed E-state index contributed by atoms with van der Waals surface area (Å²) < 4.78 is 94.8. The summed E-state index contributed by atoms with van der Waals surface area (Å²) in [4.78, 5) is 20.4. The molecule has 3 fully saturated rings. The van der Waals surface area contributed by atoms with Gasteiger partial charge in [0.15, 0.2) is 41.9 Å². The van der Waals surface area contributed by atoms with Crippen molar-refractivity contribution in [2.24, 2.45) is 0 Å². The normalized spacial score (nSPS) is 38.2. The van der Waals surface area contributed by atoms with E-state index in [0.29, 0.717) is 11.2 Å². The molecular formula is C22H24BF2N9O8P2. The van der Waals surface area contributed by atoms with E-state index in [1.54, 1.807) is 0 Å². The number of aromatic nitrogens is 7. The van der Waals surface area contributed by atoms with Crippen molar-refractivity contribution in [2.75, 3.05) is 31.3 Å². The van der Waals surface area contributed by atoms with Crippen LogP contribution in [-0.4, -0.2) is 98.3 Å². The number of nitrogens with zero attached hydrogens (tertiary/aromatic N) is 7. The summed E-state index contributed by atoms with van der Waals surface area (Å²) in [6.07, 6.45) is -7.57. The van der Waals surface area contributed by atoms with Gasteiger partial charge >= 0.3 is 7.60 Å². The summed E-state index contributed by atoms with van der Waals surface area (Å²) in [5.41, 5.74) is 13.0. The quantitative estimate of drug-likeness (QED) is 0.233. The van der Waals surface area contributed by atoms with Crippen LogP contribution in [0, 0.1) is 0 Å². The largest absolute Gasteiger partial charge is 0.397 e. The number of fused-ring (bicyclic) bond motifs is 4. The molecule has 7 rings (SSSR count). The number of nitrogen functional groups attached to an aromatic ring is 2. The molecule has 3 saturated heterocycles. The van der Waals surface area contributed by atoms with E-state index in [1.165, 1.54) is 34.1 Å². The van der Waals surface area contributed by atoms with Crippen LogP contribution in [0.3, 0.4) is 0 Å². The Labute approximate surface area is 248 Å². The van der Waals surface area contributed by atoms with Gasteiger partial charge in [-0.15, -0.1) is 0 Å². The lowest BCUT2D eigenvalue weighted by atomic mass is 10.1. The molecule has 0 amide bonds. The maximum Gasteiger partial charge on any atom is 0.328 e. The third-order valence-electron chi connectivity index (χ3n) is 7.44. The van der Waals surface area contributed by atoms with Gasteiger partial charge in [-0.25, -0.2) is 33.7 Å². The number of rotatable bonds is 2. The monoisotopic (exact) mass is 653 g/mol. The van der Waals surface area contributed by atoms with Crippen LogP contribution in [0.2, 0.25) is 0 Å². The van der Waals surface area contributed by atoms with Crippen LogP contribution < -0.4 is 11.5 Å². The first-order valence-electron chi connectivity index (χ1n) is 13.1. The lowest BCUT2D eigenvalue weighted by Gasteiger charge is -2.29. The van der Waals surface area contributed by atoms with Gasteiger partial charge in [-0.3, -0.25) is 22.8 Å². The highest BCUT2D eigenvalue weighted by atomic mass is 31.2. The number of halogens is 2. The number of nitrogens with two attached hydrogens (primary N) is 2. The Bertz CT molecular complexity index is 1700. The van der Waals surface area contributed by atoms with Crippen molar-refractivity contribution < 1.29 is 45.5 Å². The molecule has 232 valence electrons. The highest BCUT2D eigenvalue weighted by Crippen LogP contribution is 2.54. The Kier molecular flexibility index (Phi) is 7.25. The van der Waals surface area contributed by atoms with Crippen molar-refractivity contribution in [3.05, 3.63) is 31.2 Å². The molecule has 0 spiro atoms.